The molecule has 4 rings (SSSR count). The van der Waals surface area contributed by atoms with Gasteiger partial charge in [-0.05, 0) is 85.4 Å². The van der Waals surface area contributed by atoms with Crippen LogP contribution in [0.15, 0.2) is 0 Å². The van der Waals surface area contributed by atoms with Crippen LogP contribution in [-0.4, -0.2) is 44.7 Å². The third-order valence-electron chi connectivity index (χ3n) is 9.79. The number of carbonyl (C=O) groups is 1. The summed E-state index contributed by atoms with van der Waals surface area (Å²) in [4.78, 5) is 11.7. The Kier molecular flexibility index (Phi) is 4.68. The third-order valence-corrected chi connectivity index (χ3v) is 9.79. The lowest BCUT2D eigenvalue weighted by molar-refractivity contribution is -0.223. The van der Waals surface area contributed by atoms with E-state index in [2.05, 4.69) is 13.8 Å². The fourth-order valence-corrected chi connectivity index (χ4v) is 8.27. The maximum Gasteiger partial charge on any atom is 0.306 e. The van der Waals surface area contributed by atoms with Crippen molar-refractivity contribution in [2.24, 2.45) is 46.3 Å². The molecule has 11 atom stereocenters. The summed E-state index contributed by atoms with van der Waals surface area (Å²) in [7, 11) is 0. The van der Waals surface area contributed by atoms with Crippen LogP contribution in [0, 0.1) is 46.3 Å². The van der Waals surface area contributed by atoms with E-state index in [1.54, 1.807) is 0 Å². The van der Waals surface area contributed by atoms with Gasteiger partial charge in [0.25, 0.3) is 0 Å². The van der Waals surface area contributed by atoms with Gasteiger partial charge in [0.05, 0.1) is 24.2 Å². The van der Waals surface area contributed by atoms with Gasteiger partial charge in [0.1, 0.15) is 0 Å². The Balaban J connectivity index is 1.68. The molecule has 4 aliphatic carbocycles. The molecule has 0 radical (unpaired) electrons. The summed E-state index contributed by atoms with van der Waals surface area (Å²) in [5.41, 5.74) is -0.114. The van der Waals surface area contributed by atoms with Crippen LogP contribution in [0.2, 0.25) is 0 Å². The highest BCUT2D eigenvalue weighted by molar-refractivity contribution is 5.70. The molecule has 0 saturated heterocycles. The molecule has 0 bridgehead atoms. The van der Waals surface area contributed by atoms with E-state index >= 15 is 0 Å². The van der Waals surface area contributed by atoms with Crippen molar-refractivity contribution in [3.63, 3.8) is 0 Å². The fraction of sp³-hybridized carbons (Fsp3) is 0.955. The van der Waals surface area contributed by atoms with E-state index < -0.39 is 18.2 Å². The molecule has 4 saturated carbocycles. The van der Waals surface area contributed by atoms with E-state index in [1.807, 2.05) is 6.92 Å². The molecule has 4 N–H and O–H groups in total. The summed E-state index contributed by atoms with van der Waals surface area (Å²) in [6.45, 7) is 6.34. The van der Waals surface area contributed by atoms with E-state index in [1.165, 1.54) is 0 Å². The molecule has 4 fully saturated rings. The quantitative estimate of drug-likeness (QED) is 0.590. The molecule has 154 valence electrons. The van der Waals surface area contributed by atoms with Gasteiger partial charge in [0, 0.05) is 0 Å². The Morgan fingerprint density at radius 2 is 1.52 bits per heavy atom. The Hall–Kier alpha value is -0.650. The normalized spacial score (nSPS) is 55.9. The van der Waals surface area contributed by atoms with Crippen LogP contribution in [0.5, 0.6) is 0 Å². The first-order valence-electron chi connectivity index (χ1n) is 10.9. The summed E-state index contributed by atoms with van der Waals surface area (Å²) in [5.74, 6) is -0.318. The standard InChI is InChI=1S/C22H36O5/c1-11(20(26)27)13-4-5-14-17-15(7-9-21(13,14)2)22(3)8-6-12(23)10-16(22)18(24)19(17)25/h11-19,23-25H,4-10H2,1-3H3,(H,26,27)/t11-,12+,13+,14-,15-,16-,17-,18-,19-,21+,22+/m0/s1. The van der Waals surface area contributed by atoms with Crippen LogP contribution in [-0.2, 0) is 4.79 Å². The molecule has 5 nitrogen and oxygen atoms in total. The Morgan fingerprint density at radius 3 is 2.19 bits per heavy atom. The molecule has 0 aliphatic heterocycles. The third kappa shape index (κ3) is 2.64. The lowest BCUT2D eigenvalue weighted by Gasteiger charge is -2.63. The van der Waals surface area contributed by atoms with Crippen LogP contribution in [0.3, 0.4) is 0 Å². The lowest BCUT2D eigenvalue weighted by Crippen LogP contribution is -2.64. The predicted octanol–water partition coefficient (Wildman–Crippen LogP) is 2.67. The van der Waals surface area contributed by atoms with E-state index in [4.69, 9.17) is 0 Å². The minimum Gasteiger partial charge on any atom is -0.481 e. The van der Waals surface area contributed by atoms with E-state index in [0.717, 1.165) is 38.5 Å². The van der Waals surface area contributed by atoms with Gasteiger partial charge in [-0.15, -0.1) is 0 Å². The van der Waals surface area contributed by atoms with Crippen molar-refractivity contribution in [2.45, 2.75) is 84.0 Å². The Labute approximate surface area is 162 Å². The summed E-state index contributed by atoms with van der Waals surface area (Å²) < 4.78 is 0. The topological polar surface area (TPSA) is 98.0 Å². The Bertz CT molecular complexity index is 608. The monoisotopic (exact) mass is 380 g/mol. The van der Waals surface area contributed by atoms with Gasteiger partial charge in [-0.25, -0.2) is 0 Å². The Morgan fingerprint density at radius 1 is 0.889 bits per heavy atom. The van der Waals surface area contributed by atoms with Gasteiger partial charge in [-0.3, -0.25) is 4.79 Å². The lowest BCUT2D eigenvalue weighted by atomic mass is 9.43. The molecule has 0 aromatic heterocycles. The average Bonchev–Trinajstić information content (AvgIpc) is 2.97. The van der Waals surface area contributed by atoms with Crippen LogP contribution < -0.4 is 0 Å². The summed E-state index contributed by atoms with van der Waals surface area (Å²) in [5, 5.41) is 41.9. The van der Waals surface area contributed by atoms with Crippen LogP contribution >= 0.6 is 0 Å². The van der Waals surface area contributed by atoms with Crippen LogP contribution in [0.25, 0.3) is 0 Å². The molecule has 0 aromatic rings. The number of aliphatic carboxylic acids is 1. The second-order valence-electron chi connectivity index (χ2n) is 10.7. The molecule has 0 aromatic carbocycles. The first-order chi connectivity index (χ1) is 12.6. The second-order valence-corrected chi connectivity index (χ2v) is 10.7. The number of fused-ring (bicyclic) bond motifs is 5. The fourth-order valence-electron chi connectivity index (χ4n) is 8.27. The number of rotatable bonds is 2. The van der Waals surface area contributed by atoms with Crippen molar-refractivity contribution in [2.75, 3.05) is 0 Å². The smallest absolute Gasteiger partial charge is 0.306 e. The van der Waals surface area contributed by atoms with Gasteiger partial charge < -0.3 is 20.4 Å². The minimum atomic E-state index is -0.788. The van der Waals surface area contributed by atoms with E-state index in [-0.39, 0.29) is 46.5 Å². The van der Waals surface area contributed by atoms with Gasteiger partial charge in [-0.2, -0.15) is 0 Å². The number of hydrogen-bond donors (Lipinski definition) is 4. The molecule has 0 unspecified atom stereocenters. The molecule has 5 heteroatoms. The van der Waals surface area contributed by atoms with Gasteiger partial charge in [0.15, 0.2) is 0 Å². The highest BCUT2D eigenvalue weighted by atomic mass is 16.4. The highest BCUT2D eigenvalue weighted by Crippen LogP contribution is 2.68. The van der Waals surface area contributed by atoms with Gasteiger partial charge >= 0.3 is 5.97 Å². The summed E-state index contributed by atoms with van der Waals surface area (Å²) >= 11 is 0. The zero-order valence-electron chi connectivity index (χ0n) is 16.8. The van der Waals surface area contributed by atoms with Crippen LogP contribution in [0.4, 0.5) is 0 Å². The predicted molar refractivity (Wildman–Crippen MR) is 101 cm³/mol. The second kappa shape index (κ2) is 6.43. The van der Waals surface area contributed by atoms with Gasteiger partial charge in [0.2, 0.25) is 0 Å². The molecule has 27 heavy (non-hydrogen) atoms. The molecular weight excluding hydrogens is 344 g/mol. The zero-order chi connectivity index (χ0) is 19.7. The van der Waals surface area contributed by atoms with Crippen molar-refractivity contribution in [1.29, 1.82) is 0 Å². The highest BCUT2D eigenvalue weighted by Gasteiger charge is 2.65. The molecule has 0 amide bonds. The van der Waals surface area contributed by atoms with Crippen molar-refractivity contribution < 1.29 is 25.2 Å². The number of carboxylic acids is 1. The molecular formula is C22H36O5. The van der Waals surface area contributed by atoms with E-state index in [0.29, 0.717) is 12.3 Å². The van der Waals surface area contributed by atoms with Gasteiger partial charge in [-0.1, -0.05) is 20.8 Å². The summed E-state index contributed by atoms with van der Waals surface area (Å²) in [6.07, 6.45) is 4.20. The number of hydrogen-bond acceptors (Lipinski definition) is 4. The zero-order valence-corrected chi connectivity index (χ0v) is 16.8. The van der Waals surface area contributed by atoms with Crippen molar-refractivity contribution in [3.05, 3.63) is 0 Å². The largest absolute Gasteiger partial charge is 0.481 e. The van der Waals surface area contributed by atoms with Crippen molar-refractivity contribution >= 4 is 5.97 Å². The maximum atomic E-state index is 11.7. The van der Waals surface area contributed by atoms with E-state index in [9.17, 15) is 25.2 Å². The minimum absolute atomic E-state index is 0.0413. The molecule has 0 heterocycles. The first kappa shape index (κ1) is 19.7. The summed E-state index contributed by atoms with van der Waals surface area (Å²) in [6, 6.07) is 0. The molecule has 0 spiro atoms. The first-order valence-corrected chi connectivity index (χ1v) is 10.9. The number of carboxylic acid groups (broad SMARTS) is 1. The van der Waals surface area contributed by atoms with Crippen molar-refractivity contribution in [3.8, 4) is 0 Å². The average molecular weight is 381 g/mol. The number of aliphatic hydroxyl groups excluding tert-OH is 3. The maximum absolute atomic E-state index is 11.7. The number of aliphatic hydroxyl groups is 3. The van der Waals surface area contributed by atoms with Crippen LogP contribution in [0.1, 0.15) is 65.7 Å². The van der Waals surface area contributed by atoms with Crippen molar-refractivity contribution in [1.82, 2.24) is 0 Å². The SMILES string of the molecule is C[C@H](C(=O)O)[C@H]1CC[C@H]2[C@@H]3[C@H](O)[C@@H](O)[C@@H]4C[C@H](O)CC[C@]4(C)[C@H]3CC[C@]12C. The molecule has 4 aliphatic rings.